The van der Waals surface area contributed by atoms with Crippen LogP contribution in [0.2, 0.25) is 0 Å². The first-order valence-electron chi connectivity index (χ1n) is 12.0. The Balaban J connectivity index is 1.90. The lowest BCUT2D eigenvalue weighted by Gasteiger charge is -2.35. The summed E-state index contributed by atoms with van der Waals surface area (Å²) in [5, 5.41) is 2.90. The first kappa shape index (κ1) is 26.5. The van der Waals surface area contributed by atoms with Gasteiger partial charge in [0.25, 0.3) is 11.8 Å². The summed E-state index contributed by atoms with van der Waals surface area (Å²) in [7, 11) is 5.03. The molecule has 3 rings (SSSR count). The number of nitrogens with zero attached hydrogens (tertiary/aromatic N) is 2. The zero-order valence-corrected chi connectivity index (χ0v) is 21.5. The van der Waals surface area contributed by atoms with Crippen LogP contribution in [-0.2, 0) is 4.74 Å². The Morgan fingerprint density at radius 1 is 1.14 bits per heavy atom. The zero-order chi connectivity index (χ0) is 25.5. The topological polar surface area (TPSA) is 80.3 Å². The van der Waals surface area contributed by atoms with E-state index >= 15 is 0 Å². The van der Waals surface area contributed by atoms with Crippen molar-refractivity contribution in [1.82, 2.24) is 9.80 Å². The molecule has 0 unspecified atom stereocenters. The summed E-state index contributed by atoms with van der Waals surface area (Å²) in [5.74, 6) is 0.857. The second-order valence-corrected chi connectivity index (χ2v) is 9.08. The van der Waals surface area contributed by atoms with Crippen LogP contribution in [0.1, 0.15) is 41.5 Å². The van der Waals surface area contributed by atoms with Crippen LogP contribution in [0.15, 0.2) is 42.5 Å². The molecule has 1 heterocycles. The van der Waals surface area contributed by atoms with Gasteiger partial charge in [-0.1, -0.05) is 19.9 Å². The number of methoxy groups -OCH3 is 2. The van der Waals surface area contributed by atoms with E-state index < -0.39 is 0 Å². The molecule has 35 heavy (non-hydrogen) atoms. The predicted molar refractivity (Wildman–Crippen MR) is 137 cm³/mol. The summed E-state index contributed by atoms with van der Waals surface area (Å²) >= 11 is 0. The summed E-state index contributed by atoms with van der Waals surface area (Å²) in [6.07, 6.45) is -0.0876. The van der Waals surface area contributed by atoms with E-state index in [2.05, 4.69) is 31.0 Å². The highest BCUT2D eigenvalue weighted by Crippen LogP contribution is 2.27. The summed E-state index contributed by atoms with van der Waals surface area (Å²) in [4.78, 5) is 30.2. The van der Waals surface area contributed by atoms with E-state index in [1.54, 1.807) is 68.6 Å². The molecule has 0 radical (unpaired) electrons. The number of benzene rings is 2. The average Bonchev–Trinajstić information content (AvgIpc) is 2.87. The predicted octanol–water partition coefficient (Wildman–Crippen LogP) is 3.77. The first-order valence-corrected chi connectivity index (χ1v) is 12.0. The molecular weight excluding hydrogens is 446 g/mol. The third-order valence-corrected chi connectivity index (χ3v) is 6.57. The third-order valence-electron chi connectivity index (χ3n) is 6.57. The second-order valence-electron chi connectivity index (χ2n) is 9.08. The fraction of sp³-hybridized carbons (Fsp3) is 0.481. The van der Waals surface area contributed by atoms with Crippen molar-refractivity contribution < 1.29 is 23.8 Å². The van der Waals surface area contributed by atoms with Crippen LogP contribution in [0, 0.1) is 5.92 Å². The smallest absolute Gasteiger partial charge is 0.257 e. The Morgan fingerprint density at radius 2 is 1.91 bits per heavy atom. The van der Waals surface area contributed by atoms with Crippen LogP contribution in [0.25, 0.3) is 0 Å². The summed E-state index contributed by atoms with van der Waals surface area (Å²) in [6, 6.07) is 12.2. The Bertz CT molecular complexity index is 1030. The van der Waals surface area contributed by atoms with Gasteiger partial charge in [-0.05, 0) is 49.7 Å². The fourth-order valence-corrected chi connectivity index (χ4v) is 4.33. The van der Waals surface area contributed by atoms with E-state index in [4.69, 9.17) is 14.2 Å². The minimum Gasteiger partial charge on any atom is -0.497 e. The van der Waals surface area contributed by atoms with Gasteiger partial charge in [-0.2, -0.15) is 0 Å². The molecular formula is C27H37N3O5. The number of hydrogen-bond acceptors (Lipinski definition) is 6. The molecule has 0 saturated carbocycles. The lowest BCUT2D eigenvalue weighted by atomic mass is 10.0. The average molecular weight is 484 g/mol. The van der Waals surface area contributed by atoms with Crippen LogP contribution in [0.3, 0.4) is 0 Å². The molecule has 2 amide bonds. The molecule has 190 valence electrons. The Hall–Kier alpha value is -3.10. The SMILES string of the molecule is CCN1C[C@@H](C)[C@H](OC)CN(C)C(=O)c2ccc(NC(=O)c3cccc(OC)c3)cc2OC[C@H]1C. The molecule has 1 aliphatic rings. The second kappa shape index (κ2) is 12.0. The van der Waals surface area contributed by atoms with Gasteiger partial charge in [-0.3, -0.25) is 14.5 Å². The van der Waals surface area contributed by atoms with Crippen LogP contribution in [0.5, 0.6) is 11.5 Å². The number of anilines is 1. The Labute approximate surface area is 208 Å². The lowest BCUT2D eigenvalue weighted by molar-refractivity contribution is 0.0116. The van der Waals surface area contributed by atoms with Crippen molar-refractivity contribution in [1.29, 1.82) is 0 Å². The first-order chi connectivity index (χ1) is 16.8. The van der Waals surface area contributed by atoms with E-state index in [0.717, 1.165) is 13.1 Å². The van der Waals surface area contributed by atoms with Gasteiger partial charge in [-0.25, -0.2) is 0 Å². The number of rotatable bonds is 5. The van der Waals surface area contributed by atoms with Crippen LogP contribution in [-0.4, -0.2) is 81.3 Å². The number of fused-ring (bicyclic) bond motifs is 1. The maximum atomic E-state index is 13.3. The maximum Gasteiger partial charge on any atom is 0.257 e. The van der Waals surface area contributed by atoms with Crippen molar-refractivity contribution >= 4 is 17.5 Å². The van der Waals surface area contributed by atoms with E-state index in [9.17, 15) is 9.59 Å². The third kappa shape index (κ3) is 6.52. The molecule has 2 aromatic rings. The molecule has 0 spiro atoms. The van der Waals surface area contributed by atoms with Crippen molar-refractivity contribution in [2.45, 2.75) is 32.9 Å². The highest BCUT2D eigenvalue weighted by atomic mass is 16.5. The summed E-state index contributed by atoms with van der Waals surface area (Å²) in [6.45, 7) is 9.00. The minimum atomic E-state index is -0.275. The fourth-order valence-electron chi connectivity index (χ4n) is 4.33. The van der Waals surface area contributed by atoms with Crippen molar-refractivity contribution in [3.05, 3.63) is 53.6 Å². The number of hydrogen-bond donors (Lipinski definition) is 1. The molecule has 0 bridgehead atoms. The van der Waals surface area contributed by atoms with Gasteiger partial charge in [0.05, 0.1) is 18.8 Å². The van der Waals surface area contributed by atoms with Crippen LogP contribution < -0.4 is 14.8 Å². The maximum absolute atomic E-state index is 13.3. The van der Waals surface area contributed by atoms with Gasteiger partial charge in [0.1, 0.15) is 18.1 Å². The molecule has 8 heteroatoms. The van der Waals surface area contributed by atoms with Gasteiger partial charge in [0.2, 0.25) is 0 Å². The van der Waals surface area contributed by atoms with E-state index in [1.807, 2.05) is 0 Å². The van der Waals surface area contributed by atoms with Gasteiger partial charge >= 0.3 is 0 Å². The standard InChI is InChI=1S/C27H37N3O5/c1-7-30-15-18(2)25(34-6)16-29(4)27(32)23-12-11-21(14-24(23)35-17-19(30)3)28-26(31)20-9-8-10-22(13-20)33-5/h8-14,18-19,25H,7,15-17H2,1-6H3,(H,28,31)/t18-,19-,25-/m1/s1. The summed E-state index contributed by atoms with van der Waals surface area (Å²) < 4.78 is 17.2. The van der Waals surface area contributed by atoms with Gasteiger partial charge < -0.3 is 24.4 Å². The monoisotopic (exact) mass is 483 g/mol. The Morgan fingerprint density at radius 3 is 2.60 bits per heavy atom. The zero-order valence-electron chi connectivity index (χ0n) is 21.5. The van der Waals surface area contributed by atoms with Gasteiger partial charge in [0.15, 0.2) is 0 Å². The number of nitrogens with one attached hydrogen (secondary N) is 1. The van der Waals surface area contributed by atoms with E-state index in [1.165, 1.54) is 0 Å². The lowest BCUT2D eigenvalue weighted by Crippen LogP contribution is -2.46. The van der Waals surface area contributed by atoms with E-state index in [0.29, 0.717) is 41.5 Å². The molecule has 8 nitrogen and oxygen atoms in total. The molecule has 3 atom stereocenters. The van der Waals surface area contributed by atoms with Gasteiger partial charge in [0, 0.05) is 50.6 Å². The Kier molecular flexibility index (Phi) is 9.12. The molecule has 0 fully saturated rings. The number of carbonyl (C=O) groups is 2. The van der Waals surface area contributed by atoms with Gasteiger partial charge in [-0.15, -0.1) is 0 Å². The highest BCUT2D eigenvalue weighted by molar-refractivity contribution is 6.05. The molecule has 0 saturated heterocycles. The number of carbonyl (C=O) groups excluding carboxylic acids is 2. The van der Waals surface area contributed by atoms with Crippen molar-refractivity contribution in [2.24, 2.45) is 5.92 Å². The number of amides is 2. The quantitative estimate of drug-likeness (QED) is 0.697. The van der Waals surface area contributed by atoms with Crippen molar-refractivity contribution in [3.8, 4) is 11.5 Å². The number of ether oxygens (including phenoxy) is 3. The molecule has 2 aromatic carbocycles. The highest BCUT2D eigenvalue weighted by Gasteiger charge is 2.28. The van der Waals surface area contributed by atoms with Crippen molar-refractivity contribution in [2.75, 3.05) is 52.8 Å². The van der Waals surface area contributed by atoms with Crippen molar-refractivity contribution in [3.63, 3.8) is 0 Å². The molecule has 0 aromatic heterocycles. The van der Waals surface area contributed by atoms with Crippen LogP contribution >= 0.6 is 0 Å². The molecule has 1 N–H and O–H groups in total. The minimum absolute atomic E-state index is 0.0876. The molecule has 0 aliphatic carbocycles. The number of likely N-dealkylation sites (N-methyl/N-ethyl adjacent to an activating group) is 2. The summed E-state index contributed by atoms with van der Waals surface area (Å²) in [5.41, 5.74) is 1.47. The normalized spacial score (nSPS) is 21.8. The van der Waals surface area contributed by atoms with Crippen LogP contribution in [0.4, 0.5) is 5.69 Å². The molecule has 1 aliphatic heterocycles. The van der Waals surface area contributed by atoms with E-state index in [-0.39, 0.29) is 29.9 Å². The largest absolute Gasteiger partial charge is 0.497 e.